The van der Waals surface area contributed by atoms with Gasteiger partial charge in [-0.3, -0.25) is 9.69 Å². The molecule has 6 heteroatoms. The number of nitrogens with zero attached hydrogens (tertiary/aromatic N) is 2. The van der Waals surface area contributed by atoms with Gasteiger partial charge >= 0.3 is 0 Å². The zero-order valence-electron chi connectivity index (χ0n) is 14.7. The number of hydrogen-bond donors (Lipinski definition) is 0. The Balaban J connectivity index is 2.09. The van der Waals surface area contributed by atoms with Crippen molar-refractivity contribution in [2.75, 3.05) is 7.05 Å². The average Bonchev–Trinajstić information content (AvgIpc) is 2.73. The Labute approximate surface area is 158 Å². The van der Waals surface area contributed by atoms with Gasteiger partial charge in [-0.1, -0.05) is 66.7 Å². The Morgan fingerprint density at radius 2 is 1.19 bits per heavy atom. The van der Waals surface area contributed by atoms with Gasteiger partial charge in [-0.2, -0.15) is 8.42 Å². The van der Waals surface area contributed by atoms with E-state index in [1.165, 1.54) is 24.1 Å². The van der Waals surface area contributed by atoms with Crippen LogP contribution in [0.5, 0.6) is 0 Å². The quantitative estimate of drug-likeness (QED) is 0.515. The van der Waals surface area contributed by atoms with Crippen LogP contribution in [0.15, 0.2) is 100 Å². The summed E-state index contributed by atoms with van der Waals surface area (Å²) in [4.78, 5) is 14.2. The number of rotatable bonds is 4. The van der Waals surface area contributed by atoms with Crippen LogP contribution in [0, 0.1) is 0 Å². The fourth-order valence-corrected chi connectivity index (χ4v) is 3.59. The third-order valence-corrected chi connectivity index (χ3v) is 5.20. The highest BCUT2D eigenvalue weighted by molar-refractivity contribution is 7.90. The summed E-state index contributed by atoms with van der Waals surface area (Å²) in [7, 11) is -2.46. The SMILES string of the molecule is CN(C(=O)c1ccccc1)C(=NS(=O)(=O)c1ccccc1)c1ccccc1. The lowest BCUT2D eigenvalue weighted by molar-refractivity contribution is 0.0871. The molecule has 5 nitrogen and oxygen atoms in total. The van der Waals surface area contributed by atoms with Gasteiger partial charge in [0.15, 0.2) is 5.84 Å². The summed E-state index contributed by atoms with van der Waals surface area (Å²) in [6, 6.07) is 25.4. The summed E-state index contributed by atoms with van der Waals surface area (Å²) < 4.78 is 29.5. The summed E-state index contributed by atoms with van der Waals surface area (Å²) in [5.41, 5.74) is 0.976. The van der Waals surface area contributed by atoms with Crippen molar-refractivity contribution >= 4 is 21.8 Å². The molecule has 0 heterocycles. The molecule has 0 atom stereocenters. The fourth-order valence-electron chi connectivity index (χ4n) is 2.52. The summed E-state index contributed by atoms with van der Waals surface area (Å²) in [5, 5.41) is 0. The van der Waals surface area contributed by atoms with Crippen LogP contribution in [0.3, 0.4) is 0 Å². The molecule has 0 saturated carbocycles. The lowest BCUT2D eigenvalue weighted by atomic mass is 10.1. The van der Waals surface area contributed by atoms with E-state index in [4.69, 9.17) is 0 Å². The molecule has 0 spiro atoms. The number of sulfonamides is 1. The number of hydrogen-bond acceptors (Lipinski definition) is 3. The molecular weight excluding hydrogens is 360 g/mol. The Morgan fingerprint density at radius 3 is 1.70 bits per heavy atom. The Bertz CT molecular complexity index is 1050. The van der Waals surface area contributed by atoms with E-state index in [0.717, 1.165) is 0 Å². The van der Waals surface area contributed by atoms with Gasteiger partial charge in [0.1, 0.15) is 0 Å². The van der Waals surface area contributed by atoms with Gasteiger partial charge in [-0.25, -0.2) is 0 Å². The van der Waals surface area contributed by atoms with Crippen LogP contribution in [0.2, 0.25) is 0 Å². The molecule has 136 valence electrons. The number of amidine groups is 1. The summed E-state index contributed by atoms with van der Waals surface area (Å²) in [6.07, 6.45) is 0. The molecule has 0 N–H and O–H groups in total. The smallest absolute Gasteiger partial charge is 0.284 e. The molecule has 0 aliphatic heterocycles. The molecular formula is C21H18N2O3S. The van der Waals surface area contributed by atoms with Crippen LogP contribution in [0.1, 0.15) is 15.9 Å². The Kier molecular flexibility index (Phi) is 5.47. The number of carbonyl (C=O) groups excluding carboxylic acids is 1. The maximum absolute atomic E-state index is 12.8. The maximum atomic E-state index is 12.8. The molecule has 0 saturated heterocycles. The predicted octanol–water partition coefficient (Wildman–Crippen LogP) is 3.59. The summed E-state index contributed by atoms with van der Waals surface area (Å²) in [5.74, 6) is -0.283. The van der Waals surface area contributed by atoms with Crippen molar-refractivity contribution in [3.8, 4) is 0 Å². The Morgan fingerprint density at radius 1 is 0.741 bits per heavy atom. The molecule has 0 bridgehead atoms. The van der Waals surface area contributed by atoms with Crippen molar-refractivity contribution in [2.45, 2.75) is 4.90 Å². The molecule has 1 amide bonds. The molecule has 0 aromatic heterocycles. The van der Waals surface area contributed by atoms with E-state index >= 15 is 0 Å². The van der Waals surface area contributed by atoms with Crippen LogP contribution in [-0.2, 0) is 10.0 Å². The standard InChI is InChI=1S/C21H18N2O3S/c1-23(21(24)18-13-7-3-8-14-18)20(17-11-5-2-6-12-17)22-27(25,26)19-15-9-4-10-16-19/h2-16H,1H3. The molecule has 0 fully saturated rings. The fraction of sp³-hybridized carbons (Fsp3) is 0.0476. The minimum Gasteiger partial charge on any atom is -0.295 e. The minimum absolute atomic E-state index is 0.0632. The van der Waals surface area contributed by atoms with Crippen LogP contribution in [-0.4, -0.2) is 32.1 Å². The van der Waals surface area contributed by atoms with Gasteiger partial charge in [0.2, 0.25) is 0 Å². The minimum atomic E-state index is -3.97. The van der Waals surface area contributed by atoms with E-state index < -0.39 is 10.0 Å². The molecule has 0 aliphatic rings. The first-order valence-corrected chi connectivity index (χ1v) is 9.71. The second kappa shape index (κ2) is 7.97. The molecule has 0 radical (unpaired) electrons. The third kappa shape index (κ3) is 4.30. The van der Waals surface area contributed by atoms with Crippen molar-refractivity contribution < 1.29 is 13.2 Å². The number of benzene rings is 3. The molecule has 27 heavy (non-hydrogen) atoms. The van der Waals surface area contributed by atoms with Crippen LogP contribution in [0.25, 0.3) is 0 Å². The molecule has 3 aromatic rings. The van der Waals surface area contributed by atoms with Gasteiger partial charge in [0.25, 0.3) is 15.9 Å². The highest BCUT2D eigenvalue weighted by Crippen LogP contribution is 2.16. The highest BCUT2D eigenvalue weighted by atomic mass is 32.2. The van der Waals surface area contributed by atoms with Crippen LogP contribution >= 0.6 is 0 Å². The van der Waals surface area contributed by atoms with Gasteiger partial charge < -0.3 is 0 Å². The van der Waals surface area contributed by atoms with Gasteiger partial charge in [-0.15, -0.1) is 4.40 Å². The van der Waals surface area contributed by atoms with Crippen LogP contribution in [0.4, 0.5) is 0 Å². The van der Waals surface area contributed by atoms with Gasteiger partial charge in [0.05, 0.1) is 4.90 Å². The molecule has 0 aliphatic carbocycles. The van der Waals surface area contributed by atoms with E-state index in [1.807, 2.05) is 12.1 Å². The first-order chi connectivity index (χ1) is 13.0. The van der Waals surface area contributed by atoms with Crippen molar-refractivity contribution in [2.24, 2.45) is 4.40 Å². The van der Waals surface area contributed by atoms with Crippen LogP contribution < -0.4 is 0 Å². The van der Waals surface area contributed by atoms with Crippen molar-refractivity contribution in [1.29, 1.82) is 0 Å². The van der Waals surface area contributed by atoms with Crippen molar-refractivity contribution in [3.63, 3.8) is 0 Å². The largest absolute Gasteiger partial charge is 0.295 e. The zero-order valence-corrected chi connectivity index (χ0v) is 15.5. The third-order valence-electron chi connectivity index (χ3n) is 3.92. The zero-order chi connectivity index (χ0) is 19.3. The Hall–Kier alpha value is -3.25. The normalized spacial score (nSPS) is 11.8. The average molecular weight is 378 g/mol. The second-order valence-corrected chi connectivity index (χ2v) is 7.40. The first-order valence-electron chi connectivity index (χ1n) is 8.27. The lowest BCUT2D eigenvalue weighted by Gasteiger charge is -2.20. The van der Waals surface area contributed by atoms with E-state index in [0.29, 0.717) is 11.1 Å². The maximum Gasteiger partial charge on any atom is 0.284 e. The molecule has 3 aromatic carbocycles. The van der Waals surface area contributed by atoms with E-state index in [2.05, 4.69) is 4.40 Å². The van der Waals surface area contributed by atoms with E-state index in [1.54, 1.807) is 66.7 Å². The first kappa shape index (κ1) is 18.5. The predicted molar refractivity (Wildman–Crippen MR) is 105 cm³/mol. The monoisotopic (exact) mass is 378 g/mol. The number of carbonyl (C=O) groups is 1. The summed E-state index contributed by atoms with van der Waals surface area (Å²) >= 11 is 0. The number of amides is 1. The topological polar surface area (TPSA) is 66.8 Å². The molecule has 3 rings (SSSR count). The van der Waals surface area contributed by atoms with E-state index in [9.17, 15) is 13.2 Å². The molecule has 0 unspecified atom stereocenters. The second-order valence-electron chi connectivity index (χ2n) is 5.80. The highest BCUT2D eigenvalue weighted by Gasteiger charge is 2.22. The van der Waals surface area contributed by atoms with E-state index in [-0.39, 0.29) is 16.6 Å². The van der Waals surface area contributed by atoms with Gasteiger partial charge in [0, 0.05) is 18.2 Å². The van der Waals surface area contributed by atoms with Crippen molar-refractivity contribution in [3.05, 3.63) is 102 Å². The van der Waals surface area contributed by atoms with Crippen molar-refractivity contribution in [1.82, 2.24) is 4.90 Å². The summed E-state index contributed by atoms with van der Waals surface area (Å²) in [6.45, 7) is 0. The van der Waals surface area contributed by atoms with Gasteiger partial charge in [-0.05, 0) is 24.3 Å². The lowest BCUT2D eigenvalue weighted by Crippen LogP contribution is -2.34.